The van der Waals surface area contributed by atoms with Gasteiger partial charge in [0, 0.05) is 29.4 Å². The second-order valence-electron chi connectivity index (χ2n) is 5.47. The topological polar surface area (TPSA) is 47.8 Å². The molecule has 3 rings (SSSR count). The second-order valence-corrected chi connectivity index (χ2v) is 5.47. The van der Waals surface area contributed by atoms with Gasteiger partial charge in [-0.25, -0.2) is 4.98 Å². The van der Waals surface area contributed by atoms with Crippen molar-refractivity contribution in [1.82, 2.24) is 14.5 Å². The minimum Gasteiger partial charge on any atom is -0.274 e. The first-order valence-electron chi connectivity index (χ1n) is 7.01. The van der Waals surface area contributed by atoms with E-state index in [1.807, 2.05) is 51.2 Å². The largest absolute Gasteiger partial charge is 0.274 e. The highest BCUT2D eigenvalue weighted by molar-refractivity contribution is 5.98. The van der Waals surface area contributed by atoms with Crippen LogP contribution < -0.4 is 0 Å². The molecule has 0 aliphatic rings. The molecule has 0 aliphatic carbocycles. The fourth-order valence-electron chi connectivity index (χ4n) is 2.46. The number of aryl methyl sites for hydroxylation is 1. The van der Waals surface area contributed by atoms with Gasteiger partial charge in [0.2, 0.25) is 5.91 Å². The standard InChI is InChI=1S/C17H17N3O/c1-11(2)17(21)20-10-19-16-13(5-4-6-15(16)20)14-9-18-8-7-12(14)3/h4-11H,1-3H3. The molecule has 0 radical (unpaired) electrons. The quantitative estimate of drug-likeness (QED) is 0.718. The number of carbonyl (C=O) groups excluding carboxylic acids is 1. The smallest absolute Gasteiger partial charge is 0.234 e. The Labute approximate surface area is 123 Å². The predicted molar refractivity (Wildman–Crippen MR) is 83.2 cm³/mol. The first-order chi connectivity index (χ1) is 10.1. The van der Waals surface area contributed by atoms with Gasteiger partial charge in [0.05, 0.1) is 11.0 Å². The summed E-state index contributed by atoms with van der Waals surface area (Å²) in [6.45, 7) is 5.83. The average Bonchev–Trinajstić information content (AvgIpc) is 2.91. The first kappa shape index (κ1) is 13.5. The van der Waals surface area contributed by atoms with Crippen LogP contribution in [-0.2, 0) is 0 Å². The fraction of sp³-hybridized carbons (Fsp3) is 0.235. The lowest BCUT2D eigenvalue weighted by Gasteiger charge is -2.08. The van der Waals surface area contributed by atoms with Gasteiger partial charge in [0.1, 0.15) is 6.33 Å². The molecular formula is C17H17N3O. The van der Waals surface area contributed by atoms with Crippen LogP contribution in [0.1, 0.15) is 24.2 Å². The number of hydrogen-bond acceptors (Lipinski definition) is 3. The number of aromatic nitrogens is 3. The maximum absolute atomic E-state index is 12.2. The molecule has 0 atom stereocenters. The number of benzene rings is 1. The Morgan fingerprint density at radius 3 is 2.71 bits per heavy atom. The molecule has 0 fully saturated rings. The summed E-state index contributed by atoms with van der Waals surface area (Å²) < 4.78 is 1.63. The molecule has 4 nitrogen and oxygen atoms in total. The van der Waals surface area contributed by atoms with E-state index in [9.17, 15) is 4.79 Å². The van der Waals surface area contributed by atoms with Crippen molar-refractivity contribution in [3.63, 3.8) is 0 Å². The van der Waals surface area contributed by atoms with Crippen LogP contribution in [0, 0.1) is 12.8 Å². The highest BCUT2D eigenvalue weighted by atomic mass is 16.2. The fourth-order valence-corrected chi connectivity index (χ4v) is 2.46. The molecule has 106 valence electrons. The van der Waals surface area contributed by atoms with Crippen LogP contribution in [0.15, 0.2) is 43.0 Å². The Morgan fingerprint density at radius 2 is 2.00 bits per heavy atom. The summed E-state index contributed by atoms with van der Waals surface area (Å²) in [5.74, 6) is -0.0104. The zero-order valence-corrected chi connectivity index (χ0v) is 12.4. The second kappa shape index (κ2) is 5.13. The Balaban J connectivity index is 2.24. The summed E-state index contributed by atoms with van der Waals surface area (Å²) >= 11 is 0. The summed E-state index contributed by atoms with van der Waals surface area (Å²) in [5, 5.41) is 0. The van der Waals surface area contributed by atoms with Gasteiger partial charge in [0.15, 0.2) is 0 Å². The summed E-state index contributed by atoms with van der Waals surface area (Å²) in [5.41, 5.74) is 4.87. The predicted octanol–water partition coefficient (Wildman–Crippen LogP) is 3.70. The molecule has 4 heteroatoms. The Kier molecular flexibility index (Phi) is 3.29. The van der Waals surface area contributed by atoms with Crippen molar-refractivity contribution < 1.29 is 4.79 Å². The lowest BCUT2D eigenvalue weighted by Crippen LogP contribution is -2.15. The van der Waals surface area contributed by atoms with E-state index in [0.717, 1.165) is 27.7 Å². The number of rotatable bonds is 2. The van der Waals surface area contributed by atoms with Crippen LogP contribution >= 0.6 is 0 Å². The molecule has 0 N–H and O–H groups in total. The first-order valence-corrected chi connectivity index (χ1v) is 7.01. The van der Waals surface area contributed by atoms with Crippen molar-refractivity contribution in [2.75, 3.05) is 0 Å². The number of hydrogen-bond donors (Lipinski definition) is 0. The van der Waals surface area contributed by atoms with Gasteiger partial charge in [-0.15, -0.1) is 0 Å². The van der Waals surface area contributed by atoms with Crippen molar-refractivity contribution in [1.29, 1.82) is 0 Å². The lowest BCUT2D eigenvalue weighted by molar-refractivity contribution is 0.0860. The highest BCUT2D eigenvalue weighted by Gasteiger charge is 2.16. The summed E-state index contributed by atoms with van der Waals surface area (Å²) in [6, 6.07) is 7.88. The normalized spacial score (nSPS) is 11.2. The molecule has 2 heterocycles. The van der Waals surface area contributed by atoms with E-state index in [1.54, 1.807) is 17.1 Å². The van der Waals surface area contributed by atoms with E-state index in [0.29, 0.717) is 0 Å². The van der Waals surface area contributed by atoms with Crippen LogP contribution in [0.3, 0.4) is 0 Å². The van der Waals surface area contributed by atoms with Gasteiger partial charge in [-0.1, -0.05) is 26.0 Å². The van der Waals surface area contributed by atoms with Gasteiger partial charge in [-0.2, -0.15) is 0 Å². The van der Waals surface area contributed by atoms with E-state index >= 15 is 0 Å². The van der Waals surface area contributed by atoms with Crippen molar-refractivity contribution in [3.8, 4) is 11.1 Å². The minimum absolute atomic E-state index is 0.0533. The van der Waals surface area contributed by atoms with Gasteiger partial charge in [0.25, 0.3) is 0 Å². The minimum atomic E-state index is -0.0637. The number of nitrogens with zero attached hydrogens (tertiary/aromatic N) is 3. The third-order valence-corrected chi connectivity index (χ3v) is 3.64. The van der Waals surface area contributed by atoms with Crippen molar-refractivity contribution >= 4 is 16.9 Å². The maximum Gasteiger partial charge on any atom is 0.234 e. The molecule has 0 spiro atoms. The van der Waals surface area contributed by atoms with Crippen molar-refractivity contribution in [3.05, 3.63) is 48.5 Å². The molecule has 0 bridgehead atoms. The molecule has 0 unspecified atom stereocenters. The van der Waals surface area contributed by atoms with Crippen molar-refractivity contribution in [2.24, 2.45) is 5.92 Å². The number of carbonyl (C=O) groups is 1. The monoisotopic (exact) mass is 279 g/mol. The third kappa shape index (κ3) is 2.23. The Hall–Kier alpha value is -2.49. The molecule has 3 aromatic rings. The summed E-state index contributed by atoms with van der Waals surface area (Å²) in [6.07, 6.45) is 5.23. The highest BCUT2D eigenvalue weighted by Crippen LogP contribution is 2.29. The van der Waals surface area contributed by atoms with Crippen LogP contribution in [0.5, 0.6) is 0 Å². The molecule has 0 amide bonds. The van der Waals surface area contributed by atoms with Gasteiger partial charge in [-0.05, 0) is 24.6 Å². The molecular weight excluding hydrogens is 262 g/mol. The molecule has 2 aromatic heterocycles. The lowest BCUT2D eigenvalue weighted by atomic mass is 10.0. The van der Waals surface area contributed by atoms with E-state index in [-0.39, 0.29) is 11.8 Å². The van der Waals surface area contributed by atoms with Crippen LogP contribution in [0.2, 0.25) is 0 Å². The van der Waals surface area contributed by atoms with E-state index in [1.165, 1.54) is 0 Å². The summed E-state index contributed by atoms with van der Waals surface area (Å²) in [7, 11) is 0. The van der Waals surface area contributed by atoms with Gasteiger partial charge >= 0.3 is 0 Å². The molecule has 0 saturated heterocycles. The zero-order chi connectivity index (χ0) is 15.0. The zero-order valence-electron chi connectivity index (χ0n) is 12.4. The third-order valence-electron chi connectivity index (χ3n) is 3.64. The molecule has 0 saturated carbocycles. The number of pyridine rings is 1. The van der Waals surface area contributed by atoms with Crippen LogP contribution in [-0.4, -0.2) is 20.4 Å². The number of fused-ring (bicyclic) bond motifs is 1. The van der Waals surface area contributed by atoms with E-state index < -0.39 is 0 Å². The Morgan fingerprint density at radius 1 is 1.19 bits per heavy atom. The van der Waals surface area contributed by atoms with Gasteiger partial charge < -0.3 is 0 Å². The van der Waals surface area contributed by atoms with Crippen molar-refractivity contribution in [2.45, 2.75) is 20.8 Å². The molecule has 0 aliphatic heterocycles. The SMILES string of the molecule is Cc1ccncc1-c1cccc2c1ncn2C(=O)C(C)C. The summed E-state index contributed by atoms with van der Waals surface area (Å²) in [4.78, 5) is 20.9. The van der Waals surface area contributed by atoms with E-state index in [2.05, 4.69) is 9.97 Å². The number of imidazole rings is 1. The van der Waals surface area contributed by atoms with Crippen LogP contribution in [0.25, 0.3) is 22.2 Å². The van der Waals surface area contributed by atoms with Crippen LogP contribution in [0.4, 0.5) is 0 Å². The van der Waals surface area contributed by atoms with Gasteiger partial charge in [-0.3, -0.25) is 14.3 Å². The molecule has 21 heavy (non-hydrogen) atoms. The molecule has 1 aromatic carbocycles. The average molecular weight is 279 g/mol. The maximum atomic E-state index is 12.2. The number of para-hydroxylation sites is 1. The van der Waals surface area contributed by atoms with E-state index in [4.69, 9.17) is 0 Å². The Bertz CT molecular complexity index is 818.